The van der Waals surface area contributed by atoms with Gasteiger partial charge in [-0.2, -0.15) is 0 Å². The number of nitrogens with two attached hydrogens (primary N) is 1. The Bertz CT molecular complexity index is 480. The summed E-state index contributed by atoms with van der Waals surface area (Å²) in [6.45, 7) is -0.615. The van der Waals surface area contributed by atoms with Crippen LogP contribution in [-0.4, -0.2) is 25.5 Å². The minimum absolute atomic E-state index is 0.0114. The minimum atomic E-state index is -2.50. The smallest absolute Gasteiger partial charge is 0.261 e. The molecule has 110 valence electrons. The molecule has 1 unspecified atom stereocenters. The zero-order chi connectivity index (χ0) is 14.5. The Morgan fingerprint density at radius 1 is 1.50 bits per heavy atom. The van der Waals surface area contributed by atoms with Crippen LogP contribution in [0.3, 0.4) is 0 Å². The second-order valence-corrected chi connectivity index (χ2v) is 4.83. The molecule has 6 heteroatoms. The van der Waals surface area contributed by atoms with E-state index in [1.54, 1.807) is 0 Å². The lowest BCUT2D eigenvalue weighted by Crippen LogP contribution is -2.28. The van der Waals surface area contributed by atoms with E-state index in [2.05, 4.69) is 10.1 Å². The van der Waals surface area contributed by atoms with E-state index in [1.165, 1.54) is 0 Å². The third-order valence-electron chi connectivity index (χ3n) is 3.30. The van der Waals surface area contributed by atoms with E-state index in [9.17, 15) is 13.6 Å². The molecular formula is C14H18F2N2O2. The molecule has 0 fully saturated rings. The highest BCUT2D eigenvalue weighted by Crippen LogP contribution is 2.32. The lowest BCUT2D eigenvalue weighted by Gasteiger charge is -2.14. The predicted octanol–water partition coefficient (Wildman–Crippen LogP) is 2.04. The first kappa shape index (κ1) is 14.7. The highest BCUT2D eigenvalue weighted by atomic mass is 19.3. The molecule has 1 aromatic rings. The molecule has 0 aliphatic heterocycles. The fraction of sp³-hybridized carbons (Fsp3) is 0.500. The van der Waals surface area contributed by atoms with Gasteiger partial charge in [0.05, 0.1) is 12.6 Å². The largest absolute Gasteiger partial charge is 0.399 e. The Morgan fingerprint density at radius 3 is 3.05 bits per heavy atom. The van der Waals surface area contributed by atoms with Gasteiger partial charge in [0.25, 0.3) is 6.43 Å². The number of halogens is 2. The first-order valence-electron chi connectivity index (χ1n) is 6.60. The fourth-order valence-corrected chi connectivity index (χ4v) is 2.39. The summed E-state index contributed by atoms with van der Waals surface area (Å²) in [6, 6.07) is 5.64. The number of nitrogens with one attached hydrogen (secondary N) is 1. The number of alkyl halides is 2. The lowest BCUT2D eigenvalue weighted by atomic mass is 10.1. The molecule has 0 saturated carbocycles. The molecular weight excluding hydrogens is 266 g/mol. The molecule has 4 nitrogen and oxygen atoms in total. The molecule has 1 aliphatic rings. The molecule has 1 aromatic carbocycles. The number of amides is 1. The molecule has 0 spiro atoms. The molecule has 1 aliphatic carbocycles. The summed E-state index contributed by atoms with van der Waals surface area (Å²) in [5, 5.41) is 2.90. The van der Waals surface area contributed by atoms with E-state index in [-0.39, 0.29) is 25.0 Å². The number of anilines is 1. The maximum absolute atomic E-state index is 11.8. The first-order valence-corrected chi connectivity index (χ1v) is 6.60. The second-order valence-electron chi connectivity index (χ2n) is 4.83. The van der Waals surface area contributed by atoms with Crippen LogP contribution in [0.15, 0.2) is 18.2 Å². The van der Waals surface area contributed by atoms with Gasteiger partial charge in [0.15, 0.2) is 0 Å². The van der Waals surface area contributed by atoms with Crippen LogP contribution in [0.2, 0.25) is 0 Å². The quantitative estimate of drug-likeness (QED) is 0.620. The van der Waals surface area contributed by atoms with E-state index < -0.39 is 13.0 Å². The molecule has 2 rings (SSSR count). The number of fused-ring (bicyclic) bond motifs is 1. The van der Waals surface area contributed by atoms with Gasteiger partial charge in [-0.15, -0.1) is 0 Å². The van der Waals surface area contributed by atoms with Gasteiger partial charge < -0.3 is 15.8 Å². The van der Waals surface area contributed by atoms with E-state index in [0.717, 1.165) is 29.7 Å². The van der Waals surface area contributed by atoms with Crippen LogP contribution in [0.25, 0.3) is 0 Å². The van der Waals surface area contributed by atoms with Crippen molar-refractivity contribution in [2.24, 2.45) is 0 Å². The molecule has 0 aromatic heterocycles. The summed E-state index contributed by atoms with van der Waals surface area (Å²) in [5.74, 6) is -0.186. The maximum Gasteiger partial charge on any atom is 0.261 e. The van der Waals surface area contributed by atoms with Crippen LogP contribution in [0.4, 0.5) is 14.5 Å². The molecule has 1 atom stereocenters. The molecule has 0 bridgehead atoms. The average Bonchev–Trinajstić information content (AvgIpc) is 2.77. The third kappa shape index (κ3) is 3.90. The van der Waals surface area contributed by atoms with Crippen LogP contribution in [-0.2, 0) is 16.0 Å². The van der Waals surface area contributed by atoms with Crippen LogP contribution >= 0.6 is 0 Å². The third-order valence-corrected chi connectivity index (χ3v) is 3.30. The second kappa shape index (κ2) is 6.65. The van der Waals surface area contributed by atoms with Crippen LogP contribution in [0.1, 0.15) is 30.0 Å². The Labute approximate surface area is 116 Å². The number of ether oxygens (including phenoxy) is 1. The molecule has 20 heavy (non-hydrogen) atoms. The number of carbonyl (C=O) groups excluding carboxylic acids is 1. The van der Waals surface area contributed by atoms with Crippen molar-refractivity contribution in [1.82, 2.24) is 5.32 Å². The van der Waals surface area contributed by atoms with Gasteiger partial charge in [-0.05, 0) is 36.1 Å². The topological polar surface area (TPSA) is 64.3 Å². The van der Waals surface area contributed by atoms with Gasteiger partial charge >= 0.3 is 0 Å². The van der Waals surface area contributed by atoms with E-state index in [4.69, 9.17) is 5.73 Å². The number of carbonyl (C=O) groups is 1. The average molecular weight is 284 g/mol. The number of rotatable bonds is 6. The molecule has 1 amide bonds. The highest BCUT2D eigenvalue weighted by Gasteiger charge is 2.23. The van der Waals surface area contributed by atoms with Gasteiger partial charge in [-0.1, -0.05) is 6.07 Å². The summed E-state index contributed by atoms with van der Waals surface area (Å²) in [5.41, 5.74) is 8.68. The number of benzene rings is 1. The zero-order valence-electron chi connectivity index (χ0n) is 11.1. The number of nitrogen functional groups attached to an aromatic ring is 1. The minimum Gasteiger partial charge on any atom is -0.399 e. The van der Waals surface area contributed by atoms with Crippen molar-refractivity contribution < 1.29 is 18.3 Å². The SMILES string of the molecule is Nc1ccc2c(c1)CCC2NC(=O)CCOCC(F)F. The van der Waals surface area contributed by atoms with Crippen molar-refractivity contribution in [3.05, 3.63) is 29.3 Å². The van der Waals surface area contributed by atoms with Gasteiger partial charge in [-0.25, -0.2) is 8.78 Å². The lowest BCUT2D eigenvalue weighted by molar-refractivity contribution is -0.123. The van der Waals surface area contributed by atoms with Crippen molar-refractivity contribution in [2.75, 3.05) is 18.9 Å². The molecule has 0 saturated heterocycles. The van der Waals surface area contributed by atoms with Crippen molar-refractivity contribution in [3.63, 3.8) is 0 Å². The van der Waals surface area contributed by atoms with E-state index in [0.29, 0.717) is 0 Å². The van der Waals surface area contributed by atoms with Crippen LogP contribution in [0, 0.1) is 0 Å². The first-order chi connectivity index (χ1) is 9.56. The monoisotopic (exact) mass is 284 g/mol. The summed E-state index contributed by atoms with van der Waals surface area (Å²) < 4.78 is 28.4. The summed E-state index contributed by atoms with van der Waals surface area (Å²) in [4.78, 5) is 11.7. The van der Waals surface area contributed by atoms with Gasteiger partial charge in [0, 0.05) is 12.1 Å². The zero-order valence-corrected chi connectivity index (χ0v) is 11.1. The summed E-state index contributed by atoms with van der Waals surface area (Å²) in [7, 11) is 0. The number of aryl methyl sites for hydroxylation is 1. The molecule has 0 heterocycles. The standard InChI is InChI=1S/C14H18F2N2O2/c15-13(16)8-20-6-5-14(19)18-12-4-1-9-7-10(17)2-3-11(9)12/h2-3,7,12-13H,1,4-6,8,17H2,(H,18,19). The normalized spacial score (nSPS) is 17.2. The van der Waals surface area contributed by atoms with Crippen molar-refractivity contribution in [2.45, 2.75) is 31.7 Å². The van der Waals surface area contributed by atoms with Crippen molar-refractivity contribution in [3.8, 4) is 0 Å². The van der Waals surface area contributed by atoms with Gasteiger partial charge in [0.2, 0.25) is 5.91 Å². The Balaban J connectivity index is 1.79. The predicted molar refractivity (Wildman–Crippen MR) is 71.5 cm³/mol. The van der Waals surface area contributed by atoms with E-state index >= 15 is 0 Å². The van der Waals surface area contributed by atoms with Crippen molar-refractivity contribution >= 4 is 11.6 Å². The summed E-state index contributed by atoms with van der Waals surface area (Å²) in [6.07, 6.45) is -0.686. The van der Waals surface area contributed by atoms with Gasteiger partial charge in [-0.3, -0.25) is 4.79 Å². The summed E-state index contributed by atoms with van der Waals surface area (Å²) >= 11 is 0. The van der Waals surface area contributed by atoms with Crippen LogP contribution in [0.5, 0.6) is 0 Å². The Morgan fingerprint density at radius 2 is 2.30 bits per heavy atom. The maximum atomic E-state index is 11.8. The fourth-order valence-electron chi connectivity index (χ4n) is 2.39. The van der Waals surface area contributed by atoms with Gasteiger partial charge in [0.1, 0.15) is 6.61 Å². The van der Waals surface area contributed by atoms with E-state index in [1.807, 2.05) is 18.2 Å². The van der Waals surface area contributed by atoms with Crippen LogP contribution < -0.4 is 11.1 Å². The Kier molecular flexibility index (Phi) is 4.89. The molecule has 3 N–H and O–H groups in total. The number of hydrogen-bond acceptors (Lipinski definition) is 3. The molecule has 0 radical (unpaired) electrons. The number of hydrogen-bond donors (Lipinski definition) is 2. The highest BCUT2D eigenvalue weighted by molar-refractivity contribution is 5.76. The van der Waals surface area contributed by atoms with Crippen molar-refractivity contribution in [1.29, 1.82) is 0 Å². The Hall–Kier alpha value is -1.69.